The number of hydrogen-bond donors (Lipinski definition) is 1. The Morgan fingerprint density at radius 1 is 1.21 bits per heavy atom. The van der Waals surface area contributed by atoms with Crippen LogP contribution >= 0.6 is 0 Å². The summed E-state index contributed by atoms with van der Waals surface area (Å²) in [7, 11) is 7.21. The Labute approximate surface area is 251 Å². The van der Waals surface area contributed by atoms with Crippen LogP contribution in [0.2, 0.25) is 6.32 Å². The van der Waals surface area contributed by atoms with Crippen molar-refractivity contribution in [2.24, 2.45) is 0 Å². The molecule has 1 aromatic carbocycles. The quantitative estimate of drug-likeness (QED) is 0.238. The average molecular weight is 596 g/mol. The van der Waals surface area contributed by atoms with Gasteiger partial charge < -0.3 is 19.6 Å². The van der Waals surface area contributed by atoms with Crippen LogP contribution in [-0.4, -0.2) is 79.0 Å². The molecule has 1 saturated heterocycles. The first-order chi connectivity index (χ1) is 20.3. The molecule has 1 unspecified atom stereocenters. The molecule has 1 aliphatic rings. The number of piperazine rings is 1. The van der Waals surface area contributed by atoms with Crippen LogP contribution in [0.4, 0.5) is 18.9 Å². The van der Waals surface area contributed by atoms with Gasteiger partial charge in [-0.05, 0) is 42.8 Å². The SMILES string of the molecule is CC(C)(C)c1nc(C=O)no1.[B]C/C=C/C(=O)N1CCN(c2cnccc2-c2ccc(CNC)c(C)c2)CC1C(F)(F)F. The second-order valence-electron chi connectivity index (χ2n) is 11.1. The molecular formula is C30H36BF3N6O3. The Hall–Kier alpha value is -4.00. The second-order valence-corrected chi connectivity index (χ2v) is 11.1. The van der Waals surface area contributed by atoms with E-state index in [2.05, 4.69) is 20.4 Å². The molecule has 9 nitrogen and oxygen atoms in total. The van der Waals surface area contributed by atoms with Crippen molar-refractivity contribution >= 4 is 25.7 Å². The fourth-order valence-electron chi connectivity index (χ4n) is 4.53. The number of aldehydes is 1. The summed E-state index contributed by atoms with van der Waals surface area (Å²) in [5, 5.41) is 6.57. The molecule has 1 N–H and O–H groups in total. The van der Waals surface area contributed by atoms with E-state index < -0.39 is 18.1 Å². The molecule has 2 aromatic heterocycles. The number of allylic oxidation sites excluding steroid dienone is 1. The number of aryl methyl sites for hydroxylation is 1. The van der Waals surface area contributed by atoms with E-state index in [4.69, 9.17) is 12.4 Å². The second kappa shape index (κ2) is 14.5. The molecule has 0 saturated carbocycles. The van der Waals surface area contributed by atoms with Gasteiger partial charge in [0.25, 0.3) is 0 Å². The first-order valence-electron chi connectivity index (χ1n) is 13.8. The molecule has 1 atom stereocenters. The number of alkyl halides is 3. The summed E-state index contributed by atoms with van der Waals surface area (Å²) in [4.78, 5) is 33.0. The largest absolute Gasteiger partial charge is 0.410 e. The first-order valence-corrected chi connectivity index (χ1v) is 13.8. The minimum atomic E-state index is -4.56. The number of aromatic nitrogens is 3. The fourth-order valence-corrected chi connectivity index (χ4v) is 4.53. The lowest BCUT2D eigenvalue weighted by molar-refractivity contribution is -0.188. The van der Waals surface area contributed by atoms with Gasteiger partial charge >= 0.3 is 6.18 Å². The molecule has 13 heteroatoms. The van der Waals surface area contributed by atoms with Crippen molar-refractivity contribution in [2.45, 2.75) is 58.2 Å². The number of pyridine rings is 1. The van der Waals surface area contributed by atoms with Crippen LogP contribution in [0.3, 0.4) is 0 Å². The van der Waals surface area contributed by atoms with E-state index in [0.29, 0.717) is 17.9 Å². The average Bonchev–Trinajstić information content (AvgIpc) is 3.47. The molecule has 4 rings (SSSR count). The minimum Gasteiger partial charge on any atom is -0.366 e. The lowest BCUT2D eigenvalue weighted by atomic mass is 9.97. The number of hydrogen-bond acceptors (Lipinski definition) is 8. The number of nitrogens with zero attached hydrogens (tertiary/aromatic N) is 5. The number of nitrogens with one attached hydrogen (secondary N) is 1. The maximum atomic E-state index is 13.9. The predicted octanol–water partition coefficient (Wildman–Crippen LogP) is 4.68. The topological polar surface area (TPSA) is 104 Å². The molecule has 1 amide bonds. The molecule has 1 fully saturated rings. The van der Waals surface area contributed by atoms with Gasteiger partial charge in [-0.1, -0.05) is 56.5 Å². The van der Waals surface area contributed by atoms with E-state index in [1.807, 2.05) is 59.0 Å². The molecule has 0 aliphatic carbocycles. The van der Waals surface area contributed by atoms with Crippen molar-refractivity contribution in [2.75, 3.05) is 31.6 Å². The molecule has 0 spiro atoms. The third-order valence-corrected chi connectivity index (χ3v) is 6.79. The van der Waals surface area contributed by atoms with Crippen LogP contribution in [0.15, 0.2) is 53.3 Å². The molecule has 43 heavy (non-hydrogen) atoms. The minimum absolute atomic E-state index is 0.0492. The number of benzene rings is 1. The number of rotatable bonds is 7. The molecule has 228 valence electrons. The van der Waals surface area contributed by atoms with E-state index in [-0.39, 0.29) is 37.2 Å². The Kier molecular flexibility index (Phi) is 11.3. The van der Waals surface area contributed by atoms with Crippen LogP contribution in [0.5, 0.6) is 0 Å². The normalized spacial score (nSPS) is 15.8. The summed E-state index contributed by atoms with van der Waals surface area (Å²) in [5.41, 5.74) is 4.40. The smallest absolute Gasteiger partial charge is 0.366 e. The van der Waals surface area contributed by atoms with Gasteiger partial charge in [0.15, 0.2) is 6.29 Å². The zero-order chi connectivity index (χ0) is 31.8. The summed E-state index contributed by atoms with van der Waals surface area (Å²) < 4.78 is 46.4. The summed E-state index contributed by atoms with van der Waals surface area (Å²) in [6.45, 7) is 8.42. The summed E-state index contributed by atoms with van der Waals surface area (Å²) in [6, 6.07) is 5.91. The van der Waals surface area contributed by atoms with Crippen LogP contribution < -0.4 is 10.2 Å². The van der Waals surface area contributed by atoms with E-state index in [1.54, 1.807) is 17.3 Å². The van der Waals surface area contributed by atoms with Crippen LogP contribution in [0, 0.1) is 6.92 Å². The highest BCUT2D eigenvalue weighted by Crippen LogP contribution is 2.35. The summed E-state index contributed by atoms with van der Waals surface area (Å²) in [5.74, 6) is -0.0888. The lowest BCUT2D eigenvalue weighted by Gasteiger charge is -2.43. The van der Waals surface area contributed by atoms with Gasteiger partial charge in [0.1, 0.15) is 6.04 Å². The molecular weight excluding hydrogens is 560 g/mol. The first kappa shape index (κ1) is 33.5. The van der Waals surface area contributed by atoms with Crippen molar-refractivity contribution in [1.82, 2.24) is 25.3 Å². The highest BCUT2D eigenvalue weighted by Gasteiger charge is 2.48. The summed E-state index contributed by atoms with van der Waals surface area (Å²) >= 11 is 0. The van der Waals surface area contributed by atoms with Crippen molar-refractivity contribution in [3.8, 4) is 11.1 Å². The number of anilines is 1. The Bertz CT molecular complexity index is 1420. The Morgan fingerprint density at radius 2 is 1.95 bits per heavy atom. The van der Waals surface area contributed by atoms with Gasteiger partial charge in [-0.3, -0.25) is 14.6 Å². The summed E-state index contributed by atoms with van der Waals surface area (Å²) in [6.07, 6.45) is 1.80. The van der Waals surface area contributed by atoms with Crippen molar-refractivity contribution < 1.29 is 27.3 Å². The van der Waals surface area contributed by atoms with E-state index in [9.17, 15) is 22.8 Å². The molecule has 2 radical (unpaired) electrons. The number of amides is 1. The monoisotopic (exact) mass is 596 g/mol. The highest BCUT2D eigenvalue weighted by atomic mass is 19.4. The Balaban J connectivity index is 0.000000386. The van der Waals surface area contributed by atoms with Crippen molar-refractivity contribution in [3.63, 3.8) is 0 Å². The Morgan fingerprint density at radius 3 is 2.51 bits per heavy atom. The van der Waals surface area contributed by atoms with Crippen LogP contribution in [-0.2, 0) is 16.8 Å². The number of halogens is 3. The molecule has 1 aliphatic heterocycles. The predicted molar refractivity (Wildman–Crippen MR) is 159 cm³/mol. The van der Waals surface area contributed by atoms with E-state index >= 15 is 0 Å². The van der Waals surface area contributed by atoms with Gasteiger partial charge in [-0.2, -0.15) is 18.2 Å². The van der Waals surface area contributed by atoms with Crippen molar-refractivity contribution in [3.05, 3.63) is 71.7 Å². The fraction of sp³-hybridized carbons (Fsp3) is 0.433. The lowest BCUT2D eigenvalue weighted by Crippen LogP contribution is -2.60. The van der Waals surface area contributed by atoms with Gasteiger partial charge in [0.2, 0.25) is 17.6 Å². The number of carbonyl (C=O) groups excluding carboxylic acids is 2. The van der Waals surface area contributed by atoms with E-state index in [0.717, 1.165) is 39.8 Å². The zero-order valence-corrected chi connectivity index (χ0v) is 25.0. The molecule has 3 aromatic rings. The van der Waals surface area contributed by atoms with Gasteiger partial charge in [0.05, 0.1) is 19.7 Å². The van der Waals surface area contributed by atoms with Crippen LogP contribution in [0.1, 0.15) is 48.4 Å². The van der Waals surface area contributed by atoms with Gasteiger partial charge in [-0.25, -0.2) is 0 Å². The number of carbonyl (C=O) groups is 2. The maximum Gasteiger partial charge on any atom is 0.410 e. The molecule has 0 bridgehead atoms. The third-order valence-electron chi connectivity index (χ3n) is 6.79. The van der Waals surface area contributed by atoms with Crippen molar-refractivity contribution in [1.29, 1.82) is 0 Å². The van der Waals surface area contributed by atoms with E-state index in [1.165, 1.54) is 6.08 Å². The standard InChI is InChI=1S/C23H26BF3N4O.C7H10N2O2/c1-16-12-17(5-6-18(16)13-28-2)19-7-9-29-14-20(19)30-10-11-31(22(32)4-3-8-24)21(15-30)23(25,26)27;1-7(2,3)6-8-5(4-10)9-11-6/h3-7,9,12,14,21,28H,8,10-11,13,15H2,1-2H3;4H,1-3H3/b4-3+;. The molecule has 3 heterocycles. The maximum absolute atomic E-state index is 13.9. The third kappa shape index (κ3) is 8.76. The van der Waals surface area contributed by atoms with Crippen LogP contribution in [0.25, 0.3) is 11.1 Å². The highest BCUT2D eigenvalue weighted by molar-refractivity contribution is 6.10. The van der Waals surface area contributed by atoms with Gasteiger partial charge in [-0.15, -0.1) is 0 Å². The zero-order valence-electron chi connectivity index (χ0n) is 25.0. The van der Waals surface area contributed by atoms with Gasteiger partial charge in [0, 0.05) is 43.4 Å².